The number of benzene rings is 1. The molecule has 5 heteroatoms. The van der Waals surface area contributed by atoms with Crippen LogP contribution in [0.2, 0.25) is 0 Å². The predicted octanol–water partition coefficient (Wildman–Crippen LogP) is 4.55. The Bertz CT molecular complexity index is 504. The monoisotopic (exact) mass is 388 g/mol. The fraction of sp³-hybridized carbons (Fsp3) is 0.700. The molecule has 3 rings (SSSR count). The van der Waals surface area contributed by atoms with E-state index >= 15 is 0 Å². The SMILES string of the molecule is CC(C)N1CCCc2cc(OCCN3CCCCC3)ccc2C1.Cl.Cl. The topological polar surface area (TPSA) is 15.7 Å². The van der Waals surface area contributed by atoms with Crippen LogP contribution in [0.4, 0.5) is 0 Å². The van der Waals surface area contributed by atoms with Crippen LogP contribution in [0.25, 0.3) is 0 Å². The first kappa shape index (κ1) is 22.6. The molecule has 2 aliphatic heterocycles. The first-order valence-electron chi connectivity index (χ1n) is 9.43. The van der Waals surface area contributed by atoms with Crippen molar-refractivity contribution < 1.29 is 4.74 Å². The number of fused-ring (bicyclic) bond motifs is 1. The lowest BCUT2D eigenvalue weighted by molar-refractivity contribution is 0.183. The van der Waals surface area contributed by atoms with Crippen molar-refractivity contribution in [3.63, 3.8) is 0 Å². The van der Waals surface area contributed by atoms with Crippen molar-refractivity contribution in [2.75, 3.05) is 32.8 Å². The van der Waals surface area contributed by atoms with E-state index in [2.05, 4.69) is 41.8 Å². The molecule has 1 aromatic rings. The zero-order chi connectivity index (χ0) is 16.1. The van der Waals surface area contributed by atoms with Crippen molar-refractivity contribution in [3.8, 4) is 5.75 Å². The maximum atomic E-state index is 6.03. The molecule has 0 aromatic heterocycles. The summed E-state index contributed by atoms with van der Waals surface area (Å²) in [4.78, 5) is 5.11. The number of aryl methyl sites for hydroxylation is 1. The standard InChI is InChI=1S/C20H32N2O.2ClH/c1-17(2)22-12-6-7-18-15-20(9-8-19(18)16-22)23-14-13-21-10-4-3-5-11-21;;/h8-9,15,17H,3-7,10-14,16H2,1-2H3;2*1H. The zero-order valence-corrected chi connectivity index (χ0v) is 17.3. The van der Waals surface area contributed by atoms with Crippen molar-refractivity contribution in [2.24, 2.45) is 0 Å². The summed E-state index contributed by atoms with van der Waals surface area (Å²) in [5, 5.41) is 0. The summed E-state index contributed by atoms with van der Waals surface area (Å²) in [5.41, 5.74) is 2.98. The molecule has 0 radical (unpaired) electrons. The smallest absolute Gasteiger partial charge is 0.119 e. The quantitative estimate of drug-likeness (QED) is 0.735. The number of halogens is 2. The molecule has 0 spiro atoms. The number of rotatable bonds is 5. The molecular formula is C20H34Cl2N2O. The van der Waals surface area contributed by atoms with Crippen LogP contribution in [-0.2, 0) is 13.0 Å². The average Bonchev–Trinajstić information content (AvgIpc) is 2.78. The van der Waals surface area contributed by atoms with Crippen molar-refractivity contribution in [2.45, 2.75) is 58.5 Å². The van der Waals surface area contributed by atoms with Gasteiger partial charge in [-0.1, -0.05) is 12.5 Å². The third-order valence-electron chi connectivity index (χ3n) is 5.30. The first-order valence-corrected chi connectivity index (χ1v) is 9.43. The van der Waals surface area contributed by atoms with Crippen LogP contribution < -0.4 is 4.74 Å². The number of ether oxygens (including phenoxy) is 1. The van der Waals surface area contributed by atoms with Crippen molar-refractivity contribution in [1.29, 1.82) is 0 Å². The van der Waals surface area contributed by atoms with Gasteiger partial charge in [-0.3, -0.25) is 9.80 Å². The maximum Gasteiger partial charge on any atom is 0.119 e. The molecule has 1 aromatic carbocycles. The second-order valence-electron chi connectivity index (χ2n) is 7.35. The maximum absolute atomic E-state index is 6.03. The third-order valence-corrected chi connectivity index (χ3v) is 5.30. The largest absolute Gasteiger partial charge is 0.492 e. The Morgan fingerprint density at radius 3 is 2.44 bits per heavy atom. The summed E-state index contributed by atoms with van der Waals surface area (Å²) >= 11 is 0. The molecule has 3 nitrogen and oxygen atoms in total. The summed E-state index contributed by atoms with van der Waals surface area (Å²) < 4.78 is 6.03. The van der Waals surface area contributed by atoms with Crippen LogP contribution in [0.3, 0.4) is 0 Å². The summed E-state index contributed by atoms with van der Waals surface area (Å²) in [6.07, 6.45) is 6.54. The molecule has 0 atom stereocenters. The molecule has 1 fully saturated rings. The van der Waals surface area contributed by atoms with Crippen LogP contribution in [0, 0.1) is 0 Å². The molecule has 0 saturated carbocycles. The minimum atomic E-state index is 0. The fourth-order valence-electron chi connectivity index (χ4n) is 3.77. The molecule has 144 valence electrons. The van der Waals surface area contributed by atoms with Gasteiger partial charge in [0.25, 0.3) is 0 Å². The van der Waals surface area contributed by atoms with Gasteiger partial charge in [0.15, 0.2) is 0 Å². The van der Waals surface area contributed by atoms with Gasteiger partial charge in [0.05, 0.1) is 0 Å². The Morgan fingerprint density at radius 1 is 0.960 bits per heavy atom. The number of piperidine rings is 1. The molecule has 1 saturated heterocycles. The Morgan fingerprint density at radius 2 is 1.72 bits per heavy atom. The van der Waals surface area contributed by atoms with E-state index < -0.39 is 0 Å². The Kier molecular flexibility index (Phi) is 10.2. The Labute approximate surface area is 165 Å². The lowest BCUT2D eigenvalue weighted by atomic mass is 10.0. The minimum absolute atomic E-state index is 0. The predicted molar refractivity (Wildman–Crippen MR) is 111 cm³/mol. The van der Waals surface area contributed by atoms with Crippen LogP contribution in [0.5, 0.6) is 5.75 Å². The number of hydrogen-bond acceptors (Lipinski definition) is 3. The van der Waals surface area contributed by atoms with Crippen LogP contribution >= 0.6 is 24.8 Å². The van der Waals surface area contributed by atoms with Crippen molar-refractivity contribution in [1.82, 2.24) is 9.80 Å². The lowest BCUT2D eigenvalue weighted by Gasteiger charge is -2.26. The molecule has 0 bridgehead atoms. The highest BCUT2D eigenvalue weighted by molar-refractivity contribution is 5.85. The van der Waals surface area contributed by atoms with E-state index in [4.69, 9.17) is 4.74 Å². The highest BCUT2D eigenvalue weighted by atomic mass is 35.5. The molecule has 25 heavy (non-hydrogen) atoms. The van der Waals surface area contributed by atoms with Crippen LogP contribution in [-0.4, -0.2) is 48.6 Å². The van der Waals surface area contributed by atoms with Crippen LogP contribution in [0.15, 0.2) is 18.2 Å². The number of likely N-dealkylation sites (tertiary alicyclic amines) is 1. The molecule has 2 heterocycles. The van der Waals surface area contributed by atoms with E-state index in [-0.39, 0.29) is 24.8 Å². The molecule has 0 N–H and O–H groups in total. The van der Waals surface area contributed by atoms with E-state index in [1.807, 2.05) is 0 Å². The highest BCUT2D eigenvalue weighted by Crippen LogP contribution is 2.24. The van der Waals surface area contributed by atoms with Gasteiger partial charge >= 0.3 is 0 Å². The second-order valence-corrected chi connectivity index (χ2v) is 7.35. The molecule has 0 amide bonds. The van der Waals surface area contributed by atoms with Gasteiger partial charge in [0.1, 0.15) is 12.4 Å². The van der Waals surface area contributed by atoms with Gasteiger partial charge < -0.3 is 4.74 Å². The van der Waals surface area contributed by atoms with Gasteiger partial charge in [-0.05, 0) is 82.4 Å². The minimum Gasteiger partial charge on any atom is -0.492 e. The zero-order valence-electron chi connectivity index (χ0n) is 15.7. The van der Waals surface area contributed by atoms with E-state index in [1.54, 1.807) is 0 Å². The van der Waals surface area contributed by atoms with Gasteiger partial charge in [-0.25, -0.2) is 0 Å². The molecule has 2 aliphatic rings. The summed E-state index contributed by atoms with van der Waals surface area (Å²) in [5.74, 6) is 1.05. The van der Waals surface area contributed by atoms with Gasteiger partial charge in [0, 0.05) is 19.1 Å². The summed E-state index contributed by atoms with van der Waals surface area (Å²) in [7, 11) is 0. The molecule has 0 aliphatic carbocycles. The van der Waals surface area contributed by atoms with E-state index in [1.165, 1.54) is 62.9 Å². The Balaban J connectivity index is 0.00000156. The summed E-state index contributed by atoms with van der Waals surface area (Å²) in [6.45, 7) is 11.3. The van der Waals surface area contributed by atoms with Crippen molar-refractivity contribution >= 4 is 24.8 Å². The van der Waals surface area contributed by atoms with E-state index in [9.17, 15) is 0 Å². The third kappa shape index (κ3) is 6.63. The van der Waals surface area contributed by atoms with Gasteiger partial charge in [-0.15, -0.1) is 24.8 Å². The van der Waals surface area contributed by atoms with Crippen molar-refractivity contribution in [3.05, 3.63) is 29.3 Å². The summed E-state index contributed by atoms with van der Waals surface area (Å²) in [6, 6.07) is 7.36. The Hall–Kier alpha value is -0.480. The average molecular weight is 389 g/mol. The fourth-order valence-corrected chi connectivity index (χ4v) is 3.77. The molecule has 0 unspecified atom stereocenters. The lowest BCUT2D eigenvalue weighted by Crippen LogP contribution is -2.33. The van der Waals surface area contributed by atoms with Gasteiger partial charge in [0.2, 0.25) is 0 Å². The highest BCUT2D eigenvalue weighted by Gasteiger charge is 2.17. The second kappa shape index (κ2) is 11.3. The number of hydrogen-bond donors (Lipinski definition) is 0. The first-order chi connectivity index (χ1) is 11.2. The number of nitrogens with zero attached hydrogens (tertiary/aromatic N) is 2. The van der Waals surface area contributed by atoms with Crippen LogP contribution in [0.1, 0.15) is 50.7 Å². The molecular weight excluding hydrogens is 355 g/mol. The normalized spacial score (nSPS) is 18.7. The van der Waals surface area contributed by atoms with E-state index in [0.717, 1.165) is 25.4 Å². The van der Waals surface area contributed by atoms with E-state index in [0.29, 0.717) is 6.04 Å². The van der Waals surface area contributed by atoms with Gasteiger partial charge in [-0.2, -0.15) is 0 Å².